The summed E-state index contributed by atoms with van der Waals surface area (Å²) in [6.45, 7) is 0.729. The molecule has 2 aromatic heterocycles. The number of hydrogen-bond donors (Lipinski definition) is 1. The largest absolute Gasteiger partial charge is 0.502 e. The van der Waals surface area contributed by atoms with Gasteiger partial charge in [0.1, 0.15) is 6.17 Å². The molecule has 7 rings (SSSR count). The molecule has 1 N–H and O–H groups in total. The number of amides is 1. The monoisotopic (exact) mass is 507 g/mol. The zero-order chi connectivity index (χ0) is 24.7. The van der Waals surface area contributed by atoms with Crippen molar-refractivity contribution in [2.45, 2.75) is 18.6 Å². The number of rotatable bonds is 1. The van der Waals surface area contributed by atoms with E-state index in [0.717, 1.165) is 27.3 Å². The molecule has 2 aliphatic heterocycles. The summed E-state index contributed by atoms with van der Waals surface area (Å²) in [5.41, 5.74) is 1.71. The molecular formula is C26H19F2N3O4S. The van der Waals surface area contributed by atoms with Crippen molar-refractivity contribution in [1.82, 2.24) is 9.58 Å². The Kier molecular flexibility index (Phi) is 4.55. The molecule has 0 radical (unpaired) electrons. The summed E-state index contributed by atoms with van der Waals surface area (Å²) in [4.78, 5) is 27.3. The average Bonchev–Trinajstić information content (AvgIpc) is 3.24. The minimum atomic E-state index is -0.928. The van der Waals surface area contributed by atoms with Gasteiger partial charge in [-0.05, 0) is 34.2 Å². The minimum absolute atomic E-state index is 0.160. The number of halogens is 2. The van der Waals surface area contributed by atoms with Gasteiger partial charge < -0.3 is 14.7 Å². The first-order chi connectivity index (χ1) is 17.5. The first-order valence-electron chi connectivity index (χ1n) is 11.5. The number of morpholine rings is 1. The lowest BCUT2D eigenvalue weighted by atomic mass is 9.93. The Morgan fingerprint density at radius 3 is 2.81 bits per heavy atom. The predicted octanol–water partition coefficient (Wildman–Crippen LogP) is 3.49. The molecule has 4 aromatic rings. The Morgan fingerprint density at radius 1 is 1.08 bits per heavy atom. The lowest BCUT2D eigenvalue weighted by Gasteiger charge is -2.51. The highest BCUT2D eigenvalue weighted by Crippen LogP contribution is 2.45. The van der Waals surface area contributed by atoms with Crippen LogP contribution < -0.4 is 10.4 Å². The van der Waals surface area contributed by atoms with Gasteiger partial charge in [0.05, 0.1) is 19.3 Å². The van der Waals surface area contributed by atoms with Crippen LogP contribution in [0.3, 0.4) is 0 Å². The number of fused-ring (bicyclic) bond motifs is 3. The number of aromatic nitrogens is 1. The highest BCUT2D eigenvalue weighted by atomic mass is 32.1. The number of carbonyl (C=O) groups is 1. The topological polar surface area (TPSA) is 75.0 Å². The predicted molar refractivity (Wildman–Crippen MR) is 129 cm³/mol. The lowest BCUT2D eigenvalue weighted by Crippen LogP contribution is -2.66. The van der Waals surface area contributed by atoms with E-state index in [-0.39, 0.29) is 30.8 Å². The molecule has 4 heterocycles. The number of ether oxygens (including phenoxy) is 1. The number of nitrogens with zero attached hydrogens (tertiary/aromatic N) is 3. The van der Waals surface area contributed by atoms with Crippen LogP contribution in [-0.4, -0.2) is 46.5 Å². The minimum Gasteiger partial charge on any atom is -0.502 e. The molecule has 36 heavy (non-hydrogen) atoms. The van der Waals surface area contributed by atoms with E-state index in [1.165, 1.54) is 28.3 Å². The van der Waals surface area contributed by atoms with Crippen molar-refractivity contribution in [1.29, 1.82) is 0 Å². The van der Waals surface area contributed by atoms with E-state index in [9.17, 15) is 19.1 Å². The summed E-state index contributed by atoms with van der Waals surface area (Å²) < 4.78 is 38.1. The van der Waals surface area contributed by atoms with Gasteiger partial charge >= 0.3 is 0 Å². The molecule has 1 aliphatic carbocycles. The zero-order valence-corrected chi connectivity index (χ0v) is 19.6. The van der Waals surface area contributed by atoms with Gasteiger partial charge in [0.15, 0.2) is 23.1 Å². The van der Waals surface area contributed by atoms with Gasteiger partial charge in [0.25, 0.3) is 5.91 Å². The van der Waals surface area contributed by atoms with Gasteiger partial charge in [-0.2, -0.15) is 0 Å². The number of thiophene rings is 1. The fourth-order valence-corrected chi connectivity index (χ4v) is 6.75. The van der Waals surface area contributed by atoms with E-state index in [4.69, 9.17) is 4.74 Å². The van der Waals surface area contributed by atoms with Crippen molar-refractivity contribution in [3.63, 3.8) is 0 Å². The molecule has 2 aromatic carbocycles. The Hall–Kier alpha value is -3.76. The maximum atomic E-state index is 15.4. The summed E-state index contributed by atoms with van der Waals surface area (Å²) in [6.07, 6.45) is 1.05. The summed E-state index contributed by atoms with van der Waals surface area (Å²) in [6, 6.07) is 9.09. The molecule has 2 unspecified atom stereocenters. The second-order valence-electron chi connectivity index (χ2n) is 9.15. The van der Waals surface area contributed by atoms with Crippen molar-refractivity contribution >= 4 is 27.3 Å². The maximum absolute atomic E-state index is 15.4. The molecule has 1 saturated heterocycles. The average molecular weight is 508 g/mol. The third-order valence-corrected chi connectivity index (χ3v) is 8.33. The van der Waals surface area contributed by atoms with Crippen LogP contribution in [0.4, 0.5) is 8.78 Å². The highest BCUT2D eigenvalue weighted by molar-refractivity contribution is 7.17. The Morgan fingerprint density at radius 2 is 1.94 bits per heavy atom. The molecule has 1 fully saturated rings. The van der Waals surface area contributed by atoms with Crippen molar-refractivity contribution in [2.75, 3.05) is 24.8 Å². The van der Waals surface area contributed by atoms with Gasteiger partial charge in [-0.25, -0.2) is 8.78 Å². The number of carbonyl (C=O) groups excluding carboxylic acids is 1. The van der Waals surface area contributed by atoms with Crippen molar-refractivity contribution < 1.29 is 23.4 Å². The van der Waals surface area contributed by atoms with E-state index in [2.05, 4.69) is 0 Å². The molecule has 0 saturated carbocycles. The van der Waals surface area contributed by atoms with Gasteiger partial charge in [-0.3, -0.25) is 19.3 Å². The molecule has 182 valence electrons. The number of benzene rings is 2. The SMILES string of the molecule is O=C1c2c(O)c(=O)ccn2N(C2c3ccc(F)c(F)c3Cc3csc4cccc2c34)C2COCCN12. The van der Waals surface area contributed by atoms with Crippen LogP contribution in [-0.2, 0) is 11.2 Å². The van der Waals surface area contributed by atoms with Crippen LogP contribution in [0.2, 0.25) is 0 Å². The van der Waals surface area contributed by atoms with Crippen LogP contribution in [0.5, 0.6) is 5.75 Å². The summed E-state index contributed by atoms with van der Waals surface area (Å²) in [5.74, 6) is -2.96. The van der Waals surface area contributed by atoms with Crippen LogP contribution in [0.15, 0.2) is 52.8 Å². The molecule has 10 heteroatoms. The number of aromatic hydroxyl groups is 1. The quantitative estimate of drug-likeness (QED) is 0.427. The van der Waals surface area contributed by atoms with Crippen LogP contribution in [0.25, 0.3) is 10.1 Å². The number of hydrogen-bond acceptors (Lipinski definition) is 6. The number of pyridine rings is 1. The standard InChI is InChI=1S/C26H19F2N3O4S/c27-17-5-4-14-16(22(17)28)10-13-12-36-19-3-1-2-15(21(13)19)23(14)31-20-11-35-9-8-29(20)26(34)24-25(33)18(32)6-7-30(24)31/h1-7,12,20,23,33H,8-11H2. The van der Waals surface area contributed by atoms with Gasteiger partial charge in [-0.1, -0.05) is 18.2 Å². The second-order valence-corrected chi connectivity index (χ2v) is 10.1. The molecular weight excluding hydrogens is 488 g/mol. The van der Waals surface area contributed by atoms with Gasteiger partial charge in [-0.15, -0.1) is 11.3 Å². The molecule has 3 aliphatic rings. The van der Waals surface area contributed by atoms with E-state index in [1.54, 1.807) is 11.0 Å². The fraction of sp³-hybridized carbons (Fsp3) is 0.231. The normalized spacial score (nSPS) is 20.7. The van der Waals surface area contributed by atoms with Crippen molar-refractivity contribution in [3.05, 3.63) is 97.8 Å². The van der Waals surface area contributed by atoms with Gasteiger partial charge in [0.2, 0.25) is 5.43 Å². The smallest absolute Gasteiger partial charge is 0.278 e. The van der Waals surface area contributed by atoms with Crippen molar-refractivity contribution in [3.8, 4) is 5.75 Å². The van der Waals surface area contributed by atoms with Crippen LogP contribution in [0.1, 0.15) is 38.8 Å². The molecule has 7 nitrogen and oxygen atoms in total. The summed E-state index contributed by atoms with van der Waals surface area (Å²) >= 11 is 1.54. The van der Waals surface area contributed by atoms with Gasteiger partial charge in [0, 0.05) is 40.9 Å². The molecule has 1 amide bonds. The van der Waals surface area contributed by atoms with E-state index in [0.29, 0.717) is 12.2 Å². The molecule has 2 atom stereocenters. The Balaban J connectivity index is 1.59. The van der Waals surface area contributed by atoms with E-state index >= 15 is 4.39 Å². The van der Waals surface area contributed by atoms with Crippen molar-refractivity contribution in [2.24, 2.45) is 0 Å². The lowest BCUT2D eigenvalue weighted by molar-refractivity contribution is -0.0196. The fourth-order valence-electron chi connectivity index (χ4n) is 5.76. The Labute approximate surface area is 207 Å². The van der Waals surface area contributed by atoms with Crippen LogP contribution >= 0.6 is 11.3 Å². The molecule has 0 spiro atoms. The highest BCUT2D eigenvalue weighted by Gasteiger charge is 2.46. The molecule has 0 bridgehead atoms. The Bertz CT molecular complexity index is 1650. The van der Waals surface area contributed by atoms with E-state index < -0.39 is 40.9 Å². The van der Waals surface area contributed by atoms with Crippen LogP contribution in [0, 0.1) is 11.6 Å². The maximum Gasteiger partial charge on any atom is 0.278 e. The summed E-state index contributed by atoms with van der Waals surface area (Å²) in [7, 11) is 0. The first-order valence-corrected chi connectivity index (χ1v) is 12.4. The zero-order valence-electron chi connectivity index (χ0n) is 18.8. The third kappa shape index (κ3) is 2.79. The third-order valence-electron chi connectivity index (χ3n) is 7.34. The summed E-state index contributed by atoms with van der Waals surface area (Å²) in [5, 5.41) is 15.4. The first kappa shape index (κ1) is 21.5. The second kappa shape index (κ2) is 7.62. The van der Waals surface area contributed by atoms with E-state index in [1.807, 2.05) is 28.6 Å².